The maximum atomic E-state index is 12.3. The van der Waals surface area contributed by atoms with Crippen LogP contribution in [0.15, 0.2) is 29.4 Å². The molecular formula is C14H17N3O4S. The second kappa shape index (κ2) is 5.80. The maximum Gasteiger partial charge on any atom is 0.338 e. The van der Waals surface area contributed by atoms with Crippen molar-refractivity contribution in [1.29, 1.82) is 0 Å². The summed E-state index contributed by atoms with van der Waals surface area (Å²) in [6.07, 6.45) is 2.65. The Morgan fingerprint density at radius 3 is 2.55 bits per heavy atom. The lowest BCUT2D eigenvalue weighted by molar-refractivity contribution is 0.0600. The van der Waals surface area contributed by atoms with Crippen LogP contribution in [0.4, 0.5) is 5.69 Å². The van der Waals surface area contributed by atoms with Crippen LogP contribution >= 0.6 is 0 Å². The number of carbonyl (C=O) groups is 1. The van der Waals surface area contributed by atoms with Crippen LogP contribution in [-0.2, 0) is 21.8 Å². The van der Waals surface area contributed by atoms with Crippen molar-refractivity contribution in [3.05, 3.63) is 41.2 Å². The summed E-state index contributed by atoms with van der Waals surface area (Å²) in [5.74, 6) is -0.511. The summed E-state index contributed by atoms with van der Waals surface area (Å²) in [4.78, 5) is 11.8. The van der Waals surface area contributed by atoms with Crippen LogP contribution in [0, 0.1) is 13.8 Å². The van der Waals surface area contributed by atoms with Crippen molar-refractivity contribution < 1.29 is 17.9 Å². The molecule has 0 aliphatic carbocycles. The van der Waals surface area contributed by atoms with E-state index in [1.54, 1.807) is 27.0 Å². The normalized spacial score (nSPS) is 11.3. The third-order valence-electron chi connectivity index (χ3n) is 3.32. The van der Waals surface area contributed by atoms with Crippen molar-refractivity contribution in [1.82, 2.24) is 9.78 Å². The van der Waals surface area contributed by atoms with E-state index in [9.17, 15) is 13.2 Å². The third-order valence-corrected chi connectivity index (χ3v) is 4.65. The highest BCUT2D eigenvalue weighted by Crippen LogP contribution is 2.23. The average molecular weight is 323 g/mol. The second-order valence-corrected chi connectivity index (χ2v) is 6.59. The Labute approximate surface area is 129 Å². The maximum absolute atomic E-state index is 12.3. The van der Waals surface area contributed by atoms with Crippen LogP contribution in [0.5, 0.6) is 0 Å². The number of nitrogens with one attached hydrogen (secondary N) is 1. The molecule has 0 unspecified atom stereocenters. The molecular weight excluding hydrogens is 306 g/mol. The zero-order valence-electron chi connectivity index (χ0n) is 12.7. The number of hydrogen-bond acceptors (Lipinski definition) is 5. The van der Waals surface area contributed by atoms with Gasteiger partial charge in [0.1, 0.15) is 4.90 Å². The summed E-state index contributed by atoms with van der Waals surface area (Å²) < 4.78 is 33.1. The van der Waals surface area contributed by atoms with Gasteiger partial charge in [-0.25, -0.2) is 13.2 Å². The minimum atomic E-state index is -3.76. The second-order valence-electron chi connectivity index (χ2n) is 4.91. The third kappa shape index (κ3) is 3.11. The highest BCUT2D eigenvalue weighted by molar-refractivity contribution is 7.92. The van der Waals surface area contributed by atoms with E-state index in [0.29, 0.717) is 11.3 Å². The van der Waals surface area contributed by atoms with Gasteiger partial charge in [0, 0.05) is 18.9 Å². The molecule has 7 nitrogen and oxygen atoms in total. The van der Waals surface area contributed by atoms with Gasteiger partial charge in [-0.3, -0.25) is 9.40 Å². The van der Waals surface area contributed by atoms with E-state index in [0.717, 1.165) is 11.1 Å². The zero-order valence-corrected chi connectivity index (χ0v) is 13.6. The summed E-state index contributed by atoms with van der Waals surface area (Å²) in [5.41, 5.74) is 2.15. The van der Waals surface area contributed by atoms with Gasteiger partial charge in [0.2, 0.25) is 0 Å². The van der Waals surface area contributed by atoms with Crippen LogP contribution < -0.4 is 4.72 Å². The minimum absolute atomic E-state index is 0.0489. The van der Waals surface area contributed by atoms with E-state index >= 15 is 0 Å². The van der Waals surface area contributed by atoms with Gasteiger partial charge in [-0.2, -0.15) is 5.10 Å². The molecule has 1 aromatic heterocycles. The van der Waals surface area contributed by atoms with Crippen LogP contribution in [0.1, 0.15) is 21.5 Å². The molecule has 0 aliphatic rings. The zero-order chi connectivity index (χ0) is 16.5. The van der Waals surface area contributed by atoms with Gasteiger partial charge < -0.3 is 4.74 Å². The molecule has 118 valence electrons. The van der Waals surface area contributed by atoms with Gasteiger partial charge in [0.15, 0.2) is 0 Å². The lowest BCUT2D eigenvalue weighted by Gasteiger charge is -2.12. The molecule has 1 aromatic carbocycles. The minimum Gasteiger partial charge on any atom is -0.465 e. The fourth-order valence-corrected chi connectivity index (χ4v) is 3.02. The average Bonchev–Trinajstić information content (AvgIpc) is 2.89. The SMILES string of the molecule is COC(=O)c1cc(NS(=O)(=O)c2cnn(C)c2)cc(C)c1C. The van der Waals surface area contributed by atoms with Crippen molar-refractivity contribution in [3.63, 3.8) is 0 Å². The quantitative estimate of drug-likeness (QED) is 0.864. The molecule has 0 radical (unpaired) electrons. The van der Waals surface area contributed by atoms with Crippen LogP contribution in [0.25, 0.3) is 0 Å². The first-order valence-electron chi connectivity index (χ1n) is 6.45. The van der Waals surface area contributed by atoms with Crippen molar-refractivity contribution in [2.45, 2.75) is 18.7 Å². The molecule has 0 atom stereocenters. The number of nitrogens with zero attached hydrogens (tertiary/aromatic N) is 2. The smallest absolute Gasteiger partial charge is 0.338 e. The predicted molar refractivity (Wildman–Crippen MR) is 81.3 cm³/mol. The largest absolute Gasteiger partial charge is 0.465 e. The summed E-state index contributed by atoms with van der Waals surface area (Å²) in [7, 11) is -0.846. The standard InChI is InChI=1S/C14H17N3O4S/c1-9-5-11(6-13(10(9)2)14(18)21-4)16-22(19,20)12-7-15-17(3)8-12/h5-8,16H,1-4H3. The first-order valence-corrected chi connectivity index (χ1v) is 7.94. The first-order chi connectivity index (χ1) is 10.2. The van der Waals surface area contributed by atoms with Crippen molar-refractivity contribution in [3.8, 4) is 0 Å². The van der Waals surface area contributed by atoms with Gasteiger partial charge in [-0.15, -0.1) is 0 Å². The molecule has 0 fully saturated rings. The van der Waals surface area contributed by atoms with E-state index in [-0.39, 0.29) is 4.90 Å². The number of methoxy groups -OCH3 is 1. The number of hydrogen-bond donors (Lipinski definition) is 1. The van der Waals surface area contributed by atoms with E-state index in [2.05, 4.69) is 9.82 Å². The highest BCUT2D eigenvalue weighted by atomic mass is 32.2. The fraction of sp³-hybridized carbons (Fsp3) is 0.286. The Kier molecular flexibility index (Phi) is 4.23. The Balaban J connectivity index is 2.42. The predicted octanol–water partition coefficient (Wildman–Crippen LogP) is 1.62. The van der Waals surface area contributed by atoms with Crippen LogP contribution in [-0.4, -0.2) is 31.3 Å². The molecule has 22 heavy (non-hydrogen) atoms. The lowest BCUT2D eigenvalue weighted by Crippen LogP contribution is -2.14. The monoisotopic (exact) mass is 323 g/mol. The number of esters is 1. The molecule has 2 rings (SSSR count). The lowest BCUT2D eigenvalue weighted by atomic mass is 10.0. The van der Waals surface area contributed by atoms with Gasteiger partial charge in [-0.05, 0) is 37.1 Å². The highest BCUT2D eigenvalue weighted by Gasteiger charge is 2.19. The van der Waals surface area contributed by atoms with Gasteiger partial charge in [-0.1, -0.05) is 0 Å². The summed E-state index contributed by atoms with van der Waals surface area (Å²) in [5, 5.41) is 3.84. The number of carbonyl (C=O) groups excluding carboxylic acids is 1. The van der Waals surface area contributed by atoms with Crippen LogP contribution in [0.3, 0.4) is 0 Å². The number of aryl methyl sites for hydroxylation is 2. The summed E-state index contributed by atoms with van der Waals surface area (Å²) in [6.45, 7) is 3.57. The van der Waals surface area contributed by atoms with Crippen molar-refractivity contribution >= 4 is 21.7 Å². The van der Waals surface area contributed by atoms with Gasteiger partial charge in [0.05, 0.1) is 18.9 Å². The summed E-state index contributed by atoms with van der Waals surface area (Å²) in [6, 6.07) is 3.12. The topological polar surface area (TPSA) is 90.3 Å². The Hall–Kier alpha value is -2.35. The van der Waals surface area contributed by atoms with Gasteiger partial charge in [0.25, 0.3) is 10.0 Å². The number of anilines is 1. The summed E-state index contributed by atoms with van der Waals surface area (Å²) >= 11 is 0. The first kappa shape index (κ1) is 16.0. The fourth-order valence-electron chi connectivity index (χ4n) is 1.99. The Morgan fingerprint density at radius 2 is 2.00 bits per heavy atom. The Bertz CT molecular complexity index is 825. The van der Waals surface area contributed by atoms with Crippen molar-refractivity contribution in [2.75, 3.05) is 11.8 Å². The molecule has 0 saturated heterocycles. The molecule has 2 aromatic rings. The molecule has 8 heteroatoms. The van der Waals surface area contributed by atoms with E-state index in [4.69, 9.17) is 4.74 Å². The number of rotatable bonds is 4. The molecule has 0 amide bonds. The van der Waals surface area contributed by atoms with Crippen molar-refractivity contribution in [2.24, 2.45) is 7.05 Å². The molecule has 0 bridgehead atoms. The van der Waals surface area contributed by atoms with Gasteiger partial charge >= 0.3 is 5.97 Å². The number of aromatic nitrogens is 2. The number of benzene rings is 1. The molecule has 1 heterocycles. The van der Waals surface area contributed by atoms with E-state index in [1.807, 2.05) is 0 Å². The van der Waals surface area contributed by atoms with Crippen LogP contribution in [0.2, 0.25) is 0 Å². The van der Waals surface area contributed by atoms with E-state index in [1.165, 1.54) is 30.3 Å². The number of sulfonamides is 1. The number of ether oxygens (including phenoxy) is 1. The Morgan fingerprint density at radius 1 is 1.32 bits per heavy atom. The molecule has 0 spiro atoms. The molecule has 1 N–H and O–H groups in total. The molecule has 0 saturated carbocycles. The molecule has 0 aliphatic heterocycles. The van der Waals surface area contributed by atoms with E-state index < -0.39 is 16.0 Å².